The molecule has 0 aromatic carbocycles. The number of hydrogen-bond donors (Lipinski definition) is 2. The molecule has 4 fully saturated rings. The van der Waals surface area contributed by atoms with E-state index in [0.29, 0.717) is 5.92 Å². The van der Waals surface area contributed by atoms with Crippen LogP contribution in [0.1, 0.15) is 47.0 Å². The van der Waals surface area contributed by atoms with Crippen LogP contribution in [0.25, 0.3) is 0 Å². The quantitative estimate of drug-likeness (QED) is 0.821. The second kappa shape index (κ2) is 3.39. The molecule has 0 radical (unpaired) electrons. The molecule has 0 aromatic heterocycles. The lowest BCUT2D eigenvalue weighted by Crippen LogP contribution is -2.81. The molecule has 4 aliphatic rings. The van der Waals surface area contributed by atoms with E-state index in [4.69, 9.17) is 11.5 Å². The first kappa shape index (κ1) is 12.6. The van der Waals surface area contributed by atoms with Crippen molar-refractivity contribution in [2.24, 2.45) is 58.8 Å². The first-order chi connectivity index (χ1) is 8.90. The van der Waals surface area contributed by atoms with Gasteiger partial charge in [-0.05, 0) is 66.6 Å². The average Bonchev–Trinajstić information content (AvgIpc) is 2.89. The van der Waals surface area contributed by atoms with E-state index in [1.807, 2.05) is 0 Å². The second-order valence-corrected chi connectivity index (χ2v) is 8.37. The van der Waals surface area contributed by atoms with Gasteiger partial charge in [0.05, 0.1) is 0 Å². The molecule has 4 rings (SSSR count). The van der Waals surface area contributed by atoms with Gasteiger partial charge in [0, 0.05) is 11.1 Å². The van der Waals surface area contributed by atoms with Gasteiger partial charge in [0.1, 0.15) is 0 Å². The highest BCUT2D eigenvalue weighted by molar-refractivity contribution is 5.33. The Kier molecular flexibility index (Phi) is 2.25. The molecule has 4 aliphatic carbocycles. The third kappa shape index (κ3) is 1.15. The molecule has 0 spiro atoms. The highest BCUT2D eigenvalue weighted by Gasteiger charge is 2.81. The van der Waals surface area contributed by atoms with Crippen molar-refractivity contribution < 1.29 is 0 Å². The zero-order valence-electron chi connectivity index (χ0n) is 12.9. The van der Waals surface area contributed by atoms with Crippen LogP contribution in [0.2, 0.25) is 0 Å². The summed E-state index contributed by atoms with van der Waals surface area (Å²) in [7, 11) is 0. The van der Waals surface area contributed by atoms with Gasteiger partial charge in [0.25, 0.3) is 0 Å². The molecule has 0 aromatic rings. The molecule has 0 aliphatic heterocycles. The van der Waals surface area contributed by atoms with Crippen molar-refractivity contribution in [1.82, 2.24) is 0 Å². The van der Waals surface area contributed by atoms with Crippen LogP contribution in [0.4, 0.5) is 0 Å². The summed E-state index contributed by atoms with van der Waals surface area (Å²) in [5, 5.41) is 0. The van der Waals surface area contributed by atoms with Crippen LogP contribution in [-0.4, -0.2) is 11.1 Å². The predicted molar refractivity (Wildman–Crippen MR) is 78.3 cm³/mol. The summed E-state index contributed by atoms with van der Waals surface area (Å²) in [6, 6.07) is 0. The van der Waals surface area contributed by atoms with Crippen LogP contribution in [0.5, 0.6) is 0 Å². The first-order valence-electron chi connectivity index (χ1n) is 8.48. The number of nitrogens with two attached hydrogens (primary N) is 2. The fourth-order valence-corrected chi connectivity index (χ4v) is 7.09. The van der Waals surface area contributed by atoms with Gasteiger partial charge in [-0.15, -0.1) is 0 Å². The summed E-state index contributed by atoms with van der Waals surface area (Å²) in [5.41, 5.74) is 13.8. The maximum Gasteiger partial charge on any atom is 0.0226 e. The average molecular weight is 262 g/mol. The number of hydrogen-bond acceptors (Lipinski definition) is 2. The summed E-state index contributed by atoms with van der Waals surface area (Å²) < 4.78 is 0. The highest BCUT2D eigenvalue weighted by atomic mass is 15.0. The Morgan fingerprint density at radius 1 is 1.05 bits per heavy atom. The Morgan fingerprint density at radius 2 is 1.68 bits per heavy atom. The molecular formula is C17H30N2. The number of rotatable bonds is 3. The largest absolute Gasteiger partial charge is 0.325 e. The zero-order valence-corrected chi connectivity index (χ0v) is 12.9. The van der Waals surface area contributed by atoms with E-state index in [1.165, 1.54) is 6.42 Å². The van der Waals surface area contributed by atoms with Gasteiger partial charge >= 0.3 is 0 Å². The number of fused-ring (bicyclic) bond motifs is 6. The molecular weight excluding hydrogens is 232 g/mol. The molecule has 2 nitrogen and oxygen atoms in total. The lowest BCUT2D eigenvalue weighted by molar-refractivity contribution is -0.234. The molecule has 108 valence electrons. The Morgan fingerprint density at radius 3 is 2.26 bits per heavy atom. The van der Waals surface area contributed by atoms with Crippen molar-refractivity contribution in [3.63, 3.8) is 0 Å². The molecule has 0 bridgehead atoms. The van der Waals surface area contributed by atoms with Gasteiger partial charge in [-0.3, -0.25) is 0 Å². The standard InChI is InChI=1S/C17H30N2/c1-5-16(18,6-2)13-9(4)12-14-11-8(3)10(11)7-17(14,19)15(12)13/h8-15H,5-7,18-19H2,1-4H3. The van der Waals surface area contributed by atoms with Gasteiger partial charge in [-0.25, -0.2) is 0 Å². The SMILES string of the molecule is CCC(N)(CC)C1C(C)C2C3C4C(C)C4CC3(N)C21. The zero-order chi connectivity index (χ0) is 13.7. The van der Waals surface area contributed by atoms with Crippen LogP contribution < -0.4 is 11.5 Å². The third-order valence-corrected chi connectivity index (χ3v) is 8.25. The molecule has 0 saturated heterocycles. The summed E-state index contributed by atoms with van der Waals surface area (Å²) in [5.74, 6) is 6.91. The molecule has 0 amide bonds. The minimum absolute atomic E-state index is 0.0380. The molecule has 9 unspecified atom stereocenters. The van der Waals surface area contributed by atoms with Gasteiger partial charge in [-0.1, -0.05) is 27.7 Å². The van der Waals surface area contributed by atoms with E-state index >= 15 is 0 Å². The maximum absolute atomic E-state index is 6.88. The van der Waals surface area contributed by atoms with E-state index in [0.717, 1.165) is 54.3 Å². The van der Waals surface area contributed by atoms with Crippen LogP contribution in [0.15, 0.2) is 0 Å². The molecule has 2 heteroatoms. The highest BCUT2D eigenvalue weighted by Crippen LogP contribution is 2.80. The van der Waals surface area contributed by atoms with Crippen LogP contribution >= 0.6 is 0 Å². The van der Waals surface area contributed by atoms with E-state index in [9.17, 15) is 0 Å². The lowest BCUT2D eigenvalue weighted by Gasteiger charge is -2.75. The lowest BCUT2D eigenvalue weighted by atomic mass is 9.32. The van der Waals surface area contributed by atoms with Crippen molar-refractivity contribution >= 4 is 0 Å². The molecule has 4 saturated carbocycles. The Hall–Kier alpha value is -0.0800. The minimum atomic E-state index is 0.0380. The smallest absolute Gasteiger partial charge is 0.0226 e. The van der Waals surface area contributed by atoms with E-state index in [1.54, 1.807) is 0 Å². The monoisotopic (exact) mass is 262 g/mol. The van der Waals surface area contributed by atoms with Crippen LogP contribution in [0.3, 0.4) is 0 Å². The Labute approximate surface area is 117 Å². The summed E-state index contributed by atoms with van der Waals surface area (Å²) in [6.45, 7) is 9.42. The molecule has 9 atom stereocenters. The predicted octanol–water partition coefficient (Wildman–Crippen LogP) is 2.62. The van der Waals surface area contributed by atoms with Crippen molar-refractivity contribution in [2.75, 3.05) is 0 Å². The fourth-order valence-electron chi connectivity index (χ4n) is 7.09. The van der Waals surface area contributed by atoms with Gasteiger partial charge in [-0.2, -0.15) is 0 Å². The van der Waals surface area contributed by atoms with Crippen LogP contribution in [-0.2, 0) is 0 Å². The normalized spacial score (nSPS) is 61.6. The molecule has 4 N–H and O–H groups in total. The van der Waals surface area contributed by atoms with Crippen LogP contribution in [0, 0.1) is 47.3 Å². The first-order valence-corrected chi connectivity index (χ1v) is 8.48. The van der Waals surface area contributed by atoms with Gasteiger partial charge < -0.3 is 11.5 Å². The second-order valence-electron chi connectivity index (χ2n) is 8.37. The molecule has 19 heavy (non-hydrogen) atoms. The topological polar surface area (TPSA) is 52.0 Å². The van der Waals surface area contributed by atoms with Crippen molar-refractivity contribution in [3.05, 3.63) is 0 Å². The summed E-state index contributed by atoms with van der Waals surface area (Å²) in [6.07, 6.45) is 3.51. The molecule has 0 heterocycles. The third-order valence-electron chi connectivity index (χ3n) is 8.25. The fraction of sp³-hybridized carbons (Fsp3) is 1.00. The maximum atomic E-state index is 6.88. The summed E-state index contributed by atoms with van der Waals surface area (Å²) >= 11 is 0. The summed E-state index contributed by atoms with van der Waals surface area (Å²) in [4.78, 5) is 0. The van der Waals surface area contributed by atoms with Gasteiger partial charge in [0.2, 0.25) is 0 Å². The van der Waals surface area contributed by atoms with Crippen molar-refractivity contribution in [2.45, 2.75) is 58.0 Å². The van der Waals surface area contributed by atoms with Crippen molar-refractivity contribution in [1.29, 1.82) is 0 Å². The Bertz CT molecular complexity index is 415. The van der Waals surface area contributed by atoms with E-state index in [-0.39, 0.29) is 11.1 Å². The minimum Gasteiger partial charge on any atom is -0.325 e. The van der Waals surface area contributed by atoms with Gasteiger partial charge in [0.15, 0.2) is 0 Å². The van der Waals surface area contributed by atoms with E-state index < -0.39 is 0 Å². The van der Waals surface area contributed by atoms with E-state index in [2.05, 4.69) is 27.7 Å². The van der Waals surface area contributed by atoms with Crippen molar-refractivity contribution in [3.8, 4) is 0 Å². The Balaban J connectivity index is 1.61.